The van der Waals surface area contributed by atoms with Crippen molar-refractivity contribution in [1.82, 2.24) is 19.6 Å². The number of hydrogen-bond donors (Lipinski definition) is 1. The van der Waals surface area contributed by atoms with Gasteiger partial charge in [0.05, 0.1) is 11.4 Å². The van der Waals surface area contributed by atoms with Gasteiger partial charge in [0, 0.05) is 39.8 Å². The Morgan fingerprint density at radius 2 is 1.85 bits per heavy atom. The quantitative estimate of drug-likeness (QED) is 0.752. The Morgan fingerprint density at radius 3 is 2.45 bits per heavy atom. The normalized spacial score (nSPS) is 17.8. The van der Waals surface area contributed by atoms with Crippen LogP contribution in [0.2, 0.25) is 0 Å². The summed E-state index contributed by atoms with van der Waals surface area (Å²) in [5.41, 5.74) is 8.07. The second kappa shape index (κ2) is 7.76. The maximum absolute atomic E-state index is 5.54. The third-order valence-corrected chi connectivity index (χ3v) is 4.17. The molecule has 2 heterocycles. The molecular formula is C15H29N5. The molecule has 0 saturated carbocycles. The molecule has 1 fully saturated rings. The van der Waals surface area contributed by atoms with Gasteiger partial charge in [-0.1, -0.05) is 6.92 Å². The molecule has 1 saturated heterocycles. The van der Waals surface area contributed by atoms with Crippen LogP contribution in [0.25, 0.3) is 0 Å². The number of rotatable bonds is 7. The predicted octanol–water partition coefficient (Wildman–Crippen LogP) is 0.839. The van der Waals surface area contributed by atoms with Crippen LogP contribution in [-0.2, 0) is 20.0 Å². The summed E-state index contributed by atoms with van der Waals surface area (Å²) in [6, 6.07) is 2.24. The minimum Gasteiger partial charge on any atom is -0.330 e. The molecular weight excluding hydrogens is 250 g/mol. The highest BCUT2D eigenvalue weighted by atomic mass is 15.3. The Labute approximate surface area is 122 Å². The Kier molecular flexibility index (Phi) is 6.01. The molecule has 0 bridgehead atoms. The summed E-state index contributed by atoms with van der Waals surface area (Å²) in [5, 5.41) is 4.53. The van der Waals surface area contributed by atoms with Crippen LogP contribution >= 0.6 is 0 Å². The summed E-state index contributed by atoms with van der Waals surface area (Å²) >= 11 is 0. The number of hydrogen-bond acceptors (Lipinski definition) is 4. The summed E-state index contributed by atoms with van der Waals surface area (Å²) in [5.74, 6) is 0. The first-order valence-corrected chi connectivity index (χ1v) is 7.89. The second-order valence-electron chi connectivity index (χ2n) is 5.72. The summed E-state index contributed by atoms with van der Waals surface area (Å²) in [6.07, 6.45) is 3.40. The molecule has 0 unspecified atom stereocenters. The minimum absolute atomic E-state index is 0.820. The van der Waals surface area contributed by atoms with Gasteiger partial charge in [-0.2, -0.15) is 5.10 Å². The number of aromatic nitrogens is 2. The van der Waals surface area contributed by atoms with Crippen molar-refractivity contribution in [3.05, 3.63) is 17.5 Å². The molecule has 114 valence electrons. The van der Waals surface area contributed by atoms with E-state index in [1.807, 2.05) is 4.68 Å². The standard InChI is InChI=1S/C15H29N5/c1-3-14-12-15(18(2)17-14)13-20-10-8-19(9-11-20)7-5-4-6-16/h12H,3-11,13,16H2,1-2H3. The van der Waals surface area contributed by atoms with E-state index in [9.17, 15) is 0 Å². The highest BCUT2D eigenvalue weighted by Gasteiger charge is 2.17. The zero-order valence-electron chi connectivity index (χ0n) is 13.0. The lowest BCUT2D eigenvalue weighted by molar-refractivity contribution is 0.124. The fourth-order valence-electron chi connectivity index (χ4n) is 2.77. The molecule has 1 aromatic rings. The van der Waals surface area contributed by atoms with Gasteiger partial charge in [0.25, 0.3) is 0 Å². The van der Waals surface area contributed by atoms with Crippen LogP contribution in [0.15, 0.2) is 6.07 Å². The van der Waals surface area contributed by atoms with Gasteiger partial charge in [-0.15, -0.1) is 0 Å². The number of nitrogens with two attached hydrogens (primary N) is 1. The monoisotopic (exact) mass is 279 g/mol. The van der Waals surface area contributed by atoms with Crippen molar-refractivity contribution in [3.63, 3.8) is 0 Å². The van der Waals surface area contributed by atoms with E-state index >= 15 is 0 Å². The van der Waals surface area contributed by atoms with Crippen LogP contribution < -0.4 is 5.73 Å². The maximum Gasteiger partial charge on any atom is 0.0625 e. The molecule has 1 aliphatic heterocycles. The van der Waals surface area contributed by atoms with Crippen LogP contribution in [-0.4, -0.2) is 58.8 Å². The van der Waals surface area contributed by atoms with Crippen molar-refractivity contribution < 1.29 is 0 Å². The summed E-state index contributed by atoms with van der Waals surface area (Å²) in [7, 11) is 2.05. The maximum atomic E-state index is 5.54. The van der Waals surface area contributed by atoms with E-state index in [2.05, 4.69) is 34.9 Å². The van der Waals surface area contributed by atoms with Crippen molar-refractivity contribution in [2.75, 3.05) is 39.3 Å². The first-order valence-electron chi connectivity index (χ1n) is 7.89. The molecule has 2 N–H and O–H groups in total. The van der Waals surface area contributed by atoms with Crippen LogP contribution in [0, 0.1) is 0 Å². The van der Waals surface area contributed by atoms with Crippen molar-refractivity contribution in [2.24, 2.45) is 12.8 Å². The van der Waals surface area contributed by atoms with Crippen LogP contribution in [0.1, 0.15) is 31.2 Å². The van der Waals surface area contributed by atoms with Gasteiger partial charge in [0.1, 0.15) is 0 Å². The Balaban J connectivity index is 1.75. The van der Waals surface area contributed by atoms with Crippen molar-refractivity contribution in [2.45, 2.75) is 32.7 Å². The molecule has 1 aliphatic rings. The van der Waals surface area contributed by atoms with Crippen molar-refractivity contribution in [3.8, 4) is 0 Å². The van der Waals surface area contributed by atoms with Crippen LogP contribution in [0.3, 0.4) is 0 Å². The molecule has 20 heavy (non-hydrogen) atoms. The van der Waals surface area contributed by atoms with Crippen molar-refractivity contribution >= 4 is 0 Å². The largest absolute Gasteiger partial charge is 0.330 e. The van der Waals surface area contributed by atoms with Gasteiger partial charge in [0.15, 0.2) is 0 Å². The van der Waals surface area contributed by atoms with E-state index in [0.29, 0.717) is 0 Å². The highest BCUT2D eigenvalue weighted by molar-refractivity contribution is 5.10. The third-order valence-electron chi connectivity index (χ3n) is 4.17. The average molecular weight is 279 g/mol. The van der Waals surface area contributed by atoms with Gasteiger partial charge in [0.2, 0.25) is 0 Å². The van der Waals surface area contributed by atoms with E-state index < -0.39 is 0 Å². The van der Waals surface area contributed by atoms with Gasteiger partial charge in [-0.3, -0.25) is 9.58 Å². The van der Waals surface area contributed by atoms with E-state index in [-0.39, 0.29) is 0 Å². The van der Waals surface area contributed by atoms with E-state index in [1.54, 1.807) is 0 Å². The first-order chi connectivity index (χ1) is 9.72. The molecule has 0 amide bonds. The topological polar surface area (TPSA) is 50.3 Å². The minimum atomic E-state index is 0.820. The zero-order chi connectivity index (χ0) is 14.4. The van der Waals surface area contributed by atoms with Gasteiger partial charge in [-0.25, -0.2) is 0 Å². The van der Waals surface area contributed by atoms with Gasteiger partial charge in [-0.05, 0) is 38.4 Å². The summed E-state index contributed by atoms with van der Waals surface area (Å²) < 4.78 is 2.03. The number of unbranched alkanes of at least 4 members (excludes halogenated alkanes) is 1. The average Bonchev–Trinajstić information content (AvgIpc) is 2.82. The fourth-order valence-corrected chi connectivity index (χ4v) is 2.77. The molecule has 2 rings (SSSR count). The lowest BCUT2D eigenvalue weighted by Crippen LogP contribution is -2.46. The molecule has 0 aliphatic carbocycles. The highest BCUT2D eigenvalue weighted by Crippen LogP contribution is 2.10. The Bertz CT molecular complexity index is 393. The fraction of sp³-hybridized carbons (Fsp3) is 0.800. The third kappa shape index (κ3) is 4.30. The molecule has 1 aromatic heterocycles. The Hall–Kier alpha value is -0.910. The molecule has 5 heteroatoms. The molecule has 0 radical (unpaired) electrons. The number of nitrogens with zero attached hydrogens (tertiary/aromatic N) is 4. The van der Waals surface area contributed by atoms with Crippen LogP contribution in [0.5, 0.6) is 0 Å². The first kappa shape index (κ1) is 15.5. The lowest BCUT2D eigenvalue weighted by Gasteiger charge is -2.34. The molecule has 5 nitrogen and oxygen atoms in total. The van der Waals surface area contributed by atoms with E-state index in [1.165, 1.54) is 37.4 Å². The molecule has 0 aromatic carbocycles. The van der Waals surface area contributed by atoms with Gasteiger partial charge >= 0.3 is 0 Å². The zero-order valence-corrected chi connectivity index (χ0v) is 13.0. The van der Waals surface area contributed by atoms with Gasteiger partial charge < -0.3 is 10.6 Å². The summed E-state index contributed by atoms with van der Waals surface area (Å²) in [6.45, 7) is 9.90. The SMILES string of the molecule is CCc1cc(CN2CCN(CCCCN)CC2)n(C)n1. The summed E-state index contributed by atoms with van der Waals surface area (Å²) in [4.78, 5) is 5.10. The predicted molar refractivity (Wildman–Crippen MR) is 82.6 cm³/mol. The van der Waals surface area contributed by atoms with Crippen molar-refractivity contribution in [1.29, 1.82) is 0 Å². The van der Waals surface area contributed by atoms with Crippen LogP contribution in [0.4, 0.5) is 0 Å². The van der Waals surface area contributed by atoms with E-state index in [4.69, 9.17) is 5.73 Å². The Morgan fingerprint density at radius 1 is 1.15 bits per heavy atom. The van der Waals surface area contributed by atoms with E-state index in [0.717, 1.165) is 39.0 Å². The second-order valence-corrected chi connectivity index (χ2v) is 5.72. The molecule has 0 atom stereocenters. The smallest absolute Gasteiger partial charge is 0.0625 e. The molecule has 0 spiro atoms. The number of aryl methyl sites for hydroxylation is 2. The number of piperazine rings is 1. The lowest BCUT2D eigenvalue weighted by atomic mass is 10.2.